The molecule has 0 fully saturated rings. The second-order valence-corrected chi connectivity index (χ2v) is 8.16. The molecule has 0 aliphatic carbocycles. The number of methoxy groups -OCH3 is 1. The number of alkyl carbamates (subject to hydrolysis) is 1. The van der Waals surface area contributed by atoms with Gasteiger partial charge in [-0.15, -0.1) is 0 Å². The van der Waals surface area contributed by atoms with Crippen molar-refractivity contribution in [2.24, 2.45) is 7.05 Å². The Morgan fingerprint density at radius 1 is 1.13 bits per heavy atom. The van der Waals surface area contributed by atoms with Gasteiger partial charge in [-0.2, -0.15) is 5.10 Å². The van der Waals surface area contributed by atoms with Gasteiger partial charge in [0.15, 0.2) is 0 Å². The average molecular weight is 431 g/mol. The second kappa shape index (κ2) is 10.1. The van der Waals surface area contributed by atoms with E-state index in [9.17, 15) is 14.4 Å². The third-order valence-corrected chi connectivity index (χ3v) is 4.59. The van der Waals surface area contributed by atoms with Crippen LogP contribution in [0.5, 0.6) is 0 Å². The van der Waals surface area contributed by atoms with Gasteiger partial charge in [-0.1, -0.05) is 30.3 Å². The lowest BCUT2D eigenvalue weighted by atomic mass is 10.0. The van der Waals surface area contributed by atoms with Crippen LogP contribution in [0.2, 0.25) is 0 Å². The van der Waals surface area contributed by atoms with E-state index in [-0.39, 0.29) is 6.42 Å². The van der Waals surface area contributed by atoms with Crippen molar-refractivity contribution in [3.8, 4) is 0 Å². The summed E-state index contributed by atoms with van der Waals surface area (Å²) in [5.41, 5.74) is 1.30. The third kappa shape index (κ3) is 6.84. The van der Waals surface area contributed by atoms with Gasteiger partial charge >= 0.3 is 12.1 Å². The summed E-state index contributed by atoms with van der Waals surface area (Å²) in [4.78, 5) is 37.9. The third-order valence-electron chi connectivity index (χ3n) is 4.59. The van der Waals surface area contributed by atoms with E-state index < -0.39 is 35.7 Å². The van der Waals surface area contributed by atoms with Crippen molar-refractivity contribution in [1.29, 1.82) is 0 Å². The molecule has 1 heterocycles. The number of nitrogens with zero attached hydrogens (tertiary/aromatic N) is 2. The number of benzene rings is 1. The van der Waals surface area contributed by atoms with E-state index in [4.69, 9.17) is 9.47 Å². The van der Waals surface area contributed by atoms with E-state index in [0.717, 1.165) is 5.56 Å². The van der Waals surface area contributed by atoms with E-state index in [2.05, 4.69) is 15.7 Å². The molecule has 0 saturated heterocycles. The van der Waals surface area contributed by atoms with Crippen molar-refractivity contribution in [1.82, 2.24) is 20.4 Å². The van der Waals surface area contributed by atoms with Crippen LogP contribution in [0.3, 0.4) is 0 Å². The molecular formula is C22H30N4O5. The first-order chi connectivity index (χ1) is 14.5. The Bertz CT molecular complexity index is 918. The first-order valence-electron chi connectivity index (χ1n) is 9.92. The first kappa shape index (κ1) is 23.9. The fourth-order valence-corrected chi connectivity index (χ4v) is 2.95. The number of aromatic nitrogens is 2. The molecule has 0 radical (unpaired) electrons. The maximum atomic E-state index is 13.2. The quantitative estimate of drug-likeness (QED) is 0.652. The molecule has 1 aromatic heterocycles. The van der Waals surface area contributed by atoms with Crippen molar-refractivity contribution < 1.29 is 23.9 Å². The van der Waals surface area contributed by atoms with Gasteiger partial charge in [0.1, 0.15) is 17.7 Å². The zero-order valence-corrected chi connectivity index (χ0v) is 18.8. The predicted molar refractivity (Wildman–Crippen MR) is 114 cm³/mol. The molecule has 1 aromatic carbocycles. The van der Waals surface area contributed by atoms with E-state index in [1.54, 1.807) is 39.4 Å². The summed E-state index contributed by atoms with van der Waals surface area (Å²) in [6.07, 6.45) is 0.986. The molecular weight excluding hydrogens is 400 g/mol. The van der Waals surface area contributed by atoms with Crippen molar-refractivity contribution in [3.63, 3.8) is 0 Å². The lowest BCUT2D eigenvalue weighted by Gasteiger charge is -2.25. The number of rotatable bonds is 7. The van der Waals surface area contributed by atoms with Crippen molar-refractivity contribution >= 4 is 18.0 Å². The molecule has 9 nitrogen and oxygen atoms in total. The van der Waals surface area contributed by atoms with Gasteiger partial charge in [-0.25, -0.2) is 9.59 Å². The summed E-state index contributed by atoms with van der Waals surface area (Å²) in [5, 5.41) is 9.44. The molecule has 0 aliphatic heterocycles. The fraction of sp³-hybridized carbons (Fsp3) is 0.455. The van der Waals surface area contributed by atoms with Crippen LogP contribution in [0, 0.1) is 6.92 Å². The fourth-order valence-electron chi connectivity index (χ4n) is 2.95. The SMILES string of the molecule is COC(=O)C(Cc1ccccc1)NC(=O)C(NC(=O)OC(C)(C)C)c1cnn(C)c1C. The number of esters is 1. The molecule has 2 rings (SSSR count). The highest BCUT2D eigenvalue weighted by atomic mass is 16.6. The Morgan fingerprint density at radius 3 is 2.29 bits per heavy atom. The van der Waals surface area contributed by atoms with Crippen LogP contribution in [0.4, 0.5) is 4.79 Å². The van der Waals surface area contributed by atoms with Gasteiger partial charge in [0.2, 0.25) is 5.91 Å². The van der Waals surface area contributed by atoms with Gasteiger partial charge in [-0.05, 0) is 33.3 Å². The highest BCUT2D eigenvalue weighted by molar-refractivity contribution is 5.90. The molecule has 9 heteroatoms. The largest absolute Gasteiger partial charge is 0.467 e. The zero-order chi connectivity index (χ0) is 23.2. The highest BCUT2D eigenvalue weighted by Crippen LogP contribution is 2.19. The molecule has 2 atom stereocenters. The summed E-state index contributed by atoms with van der Waals surface area (Å²) in [6, 6.07) is 7.22. The number of hydrogen-bond acceptors (Lipinski definition) is 6. The number of hydrogen-bond donors (Lipinski definition) is 2. The second-order valence-electron chi connectivity index (χ2n) is 8.16. The van der Waals surface area contributed by atoms with Crippen LogP contribution >= 0.6 is 0 Å². The summed E-state index contributed by atoms with van der Waals surface area (Å²) in [5.74, 6) is -1.16. The number of aryl methyl sites for hydroxylation is 1. The van der Waals surface area contributed by atoms with E-state index in [1.165, 1.54) is 13.3 Å². The first-order valence-corrected chi connectivity index (χ1v) is 9.92. The molecule has 0 aliphatic rings. The number of carbonyl (C=O) groups is 3. The molecule has 2 N–H and O–H groups in total. The number of nitrogens with one attached hydrogen (secondary N) is 2. The number of carbonyl (C=O) groups excluding carboxylic acids is 3. The topological polar surface area (TPSA) is 112 Å². The minimum absolute atomic E-state index is 0.241. The summed E-state index contributed by atoms with van der Waals surface area (Å²) in [7, 11) is 2.99. The van der Waals surface area contributed by atoms with Crippen molar-refractivity contribution in [3.05, 3.63) is 53.3 Å². The maximum Gasteiger partial charge on any atom is 0.408 e. The van der Waals surface area contributed by atoms with Gasteiger partial charge in [-0.3, -0.25) is 9.48 Å². The molecule has 168 valence electrons. The standard InChI is InChI=1S/C22H30N4O5/c1-14-16(13-23-26(14)5)18(25-21(29)31-22(2,3)4)19(27)24-17(20(28)30-6)12-15-10-8-7-9-11-15/h7-11,13,17-18H,12H2,1-6H3,(H,24,27)(H,25,29). The lowest BCUT2D eigenvalue weighted by Crippen LogP contribution is -2.49. The molecule has 0 bridgehead atoms. The van der Waals surface area contributed by atoms with E-state index in [0.29, 0.717) is 11.3 Å². The Labute approximate surface area is 182 Å². The van der Waals surface area contributed by atoms with Gasteiger partial charge in [0.25, 0.3) is 0 Å². The van der Waals surface area contributed by atoms with Crippen LogP contribution in [-0.4, -0.2) is 46.5 Å². The van der Waals surface area contributed by atoms with Crippen LogP contribution in [-0.2, 0) is 32.5 Å². The molecule has 0 spiro atoms. The summed E-state index contributed by atoms with van der Waals surface area (Å²) in [6.45, 7) is 6.96. The number of ether oxygens (including phenoxy) is 2. The smallest absolute Gasteiger partial charge is 0.408 e. The summed E-state index contributed by atoms with van der Waals surface area (Å²) >= 11 is 0. The van der Waals surface area contributed by atoms with Gasteiger partial charge in [0, 0.05) is 24.7 Å². The molecule has 0 saturated carbocycles. The Balaban J connectivity index is 2.28. The average Bonchev–Trinajstić information content (AvgIpc) is 3.02. The lowest BCUT2D eigenvalue weighted by molar-refractivity contribution is -0.145. The van der Waals surface area contributed by atoms with E-state index >= 15 is 0 Å². The van der Waals surface area contributed by atoms with Crippen LogP contribution < -0.4 is 10.6 Å². The molecule has 31 heavy (non-hydrogen) atoms. The molecule has 2 aromatic rings. The minimum Gasteiger partial charge on any atom is -0.467 e. The Kier molecular flexibility index (Phi) is 7.79. The number of amides is 2. The molecule has 2 unspecified atom stereocenters. The minimum atomic E-state index is -1.11. The highest BCUT2D eigenvalue weighted by Gasteiger charge is 2.32. The van der Waals surface area contributed by atoms with E-state index in [1.807, 2.05) is 30.3 Å². The van der Waals surface area contributed by atoms with Crippen molar-refractivity contribution in [2.45, 2.75) is 51.8 Å². The van der Waals surface area contributed by atoms with Crippen LogP contribution in [0.1, 0.15) is 43.6 Å². The summed E-state index contributed by atoms with van der Waals surface area (Å²) < 4.78 is 11.8. The zero-order valence-electron chi connectivity index (χ0n) is 18.8. The Morgan fingerprint density at radius 2 is 1.77 bits per heavy atom. The predicted octanol–water partition coefficient (Wildman–Crippen LogP) is 2.19. The van der Waals surface area contributed by atoms with Crippen LogP contribution in [0.15, 0.2) is 36.5 Å². The van der Waals surface area contributed by atoms with Crippen molar-refractivity contribution in [2.75, 3.05) is 7.11 Å². The Hall–Kier alpha value is -3.36. The van der Waals surface area contributed by atoms with Gasteiger partial charge < -0.3 is 20.1 Å². The normalized spacial score (nSPS) is 13.1. The van der Waals surface area contributed by atoms with Gasteiger partial charge in [0.05, 0.1) is 13.3 Å². The molecule has 2 amide bonds. The van der Waals surface area contributed by atoms with Crippen LogP contribution in [0.25, 0.3) is 0 Å². The maximum absolute atomic E-state index is 13.2. The monoisotopic (exact) mass is 430 g/mol.